The summed E-state index contributed by atoms with van der Waals surface area (Å²) in [5.74, 6) is 1.48. The van der Waals surface area contributed by atoms with Gasteiger partial charge in [-0.3, -0.25) is 0 Å². The first-order valence-corrected chi connectivity index (χ1v) is 29.2. The van der Waals surface area contributed by atoms with Gasteiger partial charge in [0.2, 0.25) is 0 Å². The summed E-state index contributed by atoms with van der Waals surface area (Å²) in [5.41, 5.74) is 6.79. The zero-order valence-electron chi connectivity index (χ0n) is 51.1. The second kappa shape index (κ2) is 48.7. The molecule has 1 atom stereocenters. The van der Waals surface area contributed by atoms with Crippen LogP contribution in [0.1, 0.15) is 101 Å². The number of rotatable bonds is 56. The maximum Gasteiger partial charge on any atom is 0.123 e. The van der Waals surface area contributed by atoms with E-state index in [1.54, 1.807) is 7.11 Å². The van der Waals surface area contributed by atoms with Gasteiger partial charge in [0.1, 0.15) is 18.1 Å². The third-order valence-corrected chi connectivity index (χ3v) is 12.2. The first kappa shape index (κ1) is 73.5. The summed E-state index contributed by atoms with van der Waals surface area (Å²) < 4.78 is 100.0. The highest BCUT2D eigenvalue weighted by Crippen LogP contribution is 2.42. The summed E-state index contributed by atoms with van der Waals surface area (Å²) in [6, 6.07) is 8.72. The molecular weight excluding hydrogens is 1040 g/mol. The van der Waals surface area contributed by atoms with Crippen LogP contribution in [-0.4, -0.2) is 237 Å². The zero-order chi connectivity index (χ0) is 58.2. The molecule has 1 N–H and O–H groups in total. The van der Waals surface area contributed by atoms with Gasteiger partial charge in [-0.25, -0.2) is 0 Å². The van der Waals surface area contributed by atoms with Gasteiger partial charge in [-0.2, -0.15) is 0 Å². The number of phenols is 1. The fraction of sp³-hybridized carbons (Fsp3) is 0.803. The van der Waals surface area contributed by atoms with Crippen molar-refractivity contribution in [1.29, 1.82) is 0 Å². The van der Waals surface area contributed by atoms with Crippen LogP contribution in [0.5, 0.6) is 11.5 Å². The SMILES string of the molecule is CCCC(c1cc(C(C)(C)C)c(O)cc1C)c1cc(C(C)(C)C)c(OCCOCCOCCOCCOCCOCCOCCOCCOCCOCCOCCOCCOCCOCCOCCOCCOCCOC)cc1C. The number of benzene rings is 2. The molecule has 80 heavy (non-hydrogen) atoms. The van der Waals surface area contributed by atoms with E-state index in [1.807, 2.05) is 6.07 Å². The molecule has 2 rings (SSSR count). The average molecular weight is 1150 g/mol. The Kier molecular flexibility index (Phi) is 44.7. The maximum atomic E-state index is 10.8. The van der Waals surface area contributed by atoms with Crippen molar-refractivity contribution in [2.75, 3.05) is 232 Å². The van der Waals surface area contributed by atoms with Crippen LogP contribution in [-0.2, 0) is 91.4 Å². The smallest absolute Gasteiger partial charge is 0.123 e. The highest BCUT2D eigenvalue weighted by atomic mass is 16.6. The number of methoxy groups -OCH3 is 1. The molecule has 19 nitrogen and oxygen atoms in total. The first-order valence-electron chi connectivity index (χ1n) is 29.2. The average Bonchev–Trinajstić information content (AvgIpc) is 3.56. The van der Waals surface area contributed by atoms with E-state index >= 15 is 0 Å². The third kappa shape index (κ3) is 37.5. The molecular formula is C61H108O19. The molecule has 0 aliphatic rings. The van der Waals surface area contributed by atoms with Gasteiger partial charge in [-0.05, 0) is 76.6 Å². The number of aryl methyl sites for hydroxylation is 2. The van der Waals surface area contributed by atoms with Gasteiger partial charge in [-0.1, -0.05) is 67.0 Å². The second-order valence-electron chi connectivity index (χ2n) is 20.9. The molecule has 0 aliphatic carbocycles. The summed E-state index contributed by atoms with van der Waals surface area (Å²) in [5, 5.41) is 10.8. The van der Waals surface area contributed by atoms with Crippen LogP contribution in [0.4, 0.5) is 0 Å². The predicted octanol–water partition coefficient (Wildman–Crippen LogP) is 7.83. The van der Waals surface area contributed by atoms with Crippen molar-refractivity contribution in [1.82, 2.24) is 0 Å². The second-order valence-corrected chi connectivity index (χ2v) is 20.9. The Bertz CT molecular complexity index is 1740. The Balaban J connectivity index is 1.30. The molecule has 0 heterocycles. The Morgan fingerprint density at radius 1 is 0.338 bits per heavy atom. The molecule has 0 fully saturated rings. The van der Waals surface area contributed by atoms with Crippen LogP contribution < -0.4 is 4.74 Å². The largest absolute Gasteiger partial charge is 0.508 e. The van der Waals surface area contributed by atoms with Crippen molar-refractivity contribution < 1.29 is 90.4 Å². The van der Waals surface area contributed by atoms with Gasteiger partial charge < -0.3 is 90.4 Å². The lowest BCUT2D eigenvalue weighted by Gasteiger charge is -2.29. The van der Waals surface area contributed by atoms with Gasteiger partial charge in [0, 0.05) is 13.0 Å². The molecule has 1 unspecified atom stereocenters. The molecule has 0 radical (unpaired) electrons. The monoisotopic (exact) mass is 1140 g/mol. The molecule has 19 heteroatoms. The summed E-state index contributed by atoms with van der Waals surface area (Å²) in [4.78, 5) is 0. The van der Waals surface area contributed by atoms with Crippen LogP contribution in [0.2, 0.25) is 0 Å². The molecule has 0 amide bonds. The minimum Gasteiger partial charge on any atom is -0.508 e. The maximum absolute atomic E-state index is 10.8. The van der Waals surface area contributed by atoms with E-state index in [-0.39, 0.29) is 16.7 Å². The quantitative estimate of drug-likeness (QED) is 0.0631. The van der Waals surface area contributed by atoms with Gasteiger partial charge in [0.05, 0.1) is 218 Å². The fourth-order valence-corrected chi connectivity index (χ4v) is 7.99. The summed E-state index contributed by atoms with van der Waals surface area (Å²) in [7, 11) is 1.65. The number of phenolic OH excluding ortho intramolecular Hbond substituents is 1. The summed E-state index contributed by atoms with van der Waals surface area (Å²) >= 11 is 0. The van der Waals surface area contributed by atoms with Gasteiger partial charge in [0.25, 0.3) is 0 Å². The van der Waals surface area contributed by atoms with Crippen LogP contribution >= 0.6 is 0 Å². The highest BCUT2D eigenvalue weighted by molar-refractivity contribution is 5.53. The number of aromatic hydroxyl groups is 1. The normalized spacial score (nSPS) is 12.5. The molecule has 0 bridgehead atoms. The van der Waals surface area contributed by atoms with E-state index in [2.05, 4.69) is 80.5 Å². The molecule has 0 saturated carbocycles. The Labute approximate surface area is 481 Å². The summed E-state index contributed by atoms with van der Waals surface area (Å²) in [6.45, 7) is 36.7. The lowest BCUT2D eigenvalue weighted by molar-refractivity contribution is -0.0306. The van der Waals surface area contributed by atoms with Gasteiger partial charge in [-0.15, -0.1) is 0 Å². The van der Waals surface area contributed by atoms with Crippen molar-refractivity contribution >= 4 is 0 Å². The molecule has 0 saturated heterocycles. The topological polar surface area (TPSA) is 186 Å². The number of hydrogen-bond donors (Lipinski definition) is 1. The first-order chi connectivity index (χ1) is 38.8. The van der Waals surface area contributed by atoms with E-state index in [4.69, 9.17) is 85.3 Å². The van der Waals surface area contributed by atoms with E-state index in [0.717, 1.165) is 29.7 Å². The van der Waals surface area contributed by atoms with E-state index < -0.39 is 0 Å². The fourth-order valence-electron chi connectivity index (χ4n) is 7.99. The minimum atomic E-state index is -0.163. The summed E-state index contributed by atoms with van der Waals surface area (Å²) in [6.07, 6.45) is 2.07. The van der Waals surface area contributed by atoms with Crippen LogP contribution in [0.3, 0.4) is 0 Å². The minimum absolute atomic E-state index is 0.123. The van der Waals surface area contributed by atoms with Crippen LogP contribution in [0, 0.1) is 13.8 Å². The Hall–Kier alpha value is -2.64. The molecule has 2 aromatic rings. The van der Waals surface area contributed by atoms with E-state index in [1.165, 1.54) is 22.3 Å². The highest BCUT2D eigenvalue weighted by Gasteiger charge is 2.27. The van der Waals surface area contributed by atoms with Crippen LogP contribution in [0.15, 0.2) is 24.3 Å². The standard InChI is InChI=1S/C61H108O19/c1-11-12-53(54-49-56(60(4,5)6)58(62)47-51(54)2)55-50-57(61(7,8)9)59(48-52(55)3)80-46-45-79-44-43-78-42-41-77-40-39-76-38-37-75-36-35-74-34-33-73-32-31-72-30-29-71-28-27-70-26-25-69-24-23-68-22-21-67-20-19-66-18-17-65-16-15-64-14-13-63-10/h47-50,53,62H,11-46H2,1-10H3. The lowest BCUT2D eigenvalue weighted by atomic mass is 9.76. The van der Waals surface area contributed by atoms with Crippen molar-refractivity contribution in [2.24, 2.45) is 0 Å². The Morgan fingerprint density at radius 2 is 0.575 bits per heavy atom. The van der Waals surface area contributed by atoms with Crippen molar-refractivity contribution in [3.05, 3.63) is 57.6 Å². The molecule has 466 valence electrons. The predicted molar refractivity (Wildman–Crippen MR) is 309 cm³/mol. The Morgan fingerprint density at radius 3 is 0.825 bits per heavy atom. The van der Waals surface area contributed by atoms with Crippen molar-refractivity contribution in [3.8, 4) is 11.5 Å². The molecule has 0 aliphatic heterocycles. The van der Waals surface area contributed by atoms with Crippen molar-refractivity contribution in [3.63, 3.8) is 0 Å². The van der Waals surface area contributed by atoms with E-state index in [0.29, 0.717) is 230 Å². The van der Waals surface area contributed by atoms with Gasteiger partial charge >= 0.3 is 0 Å². The number of ether oxygens (including phenoxy) is 18. The van der Waals surface area contributed by atoms with Crippen molar-refractivity contribution in [2.45, 2.75) is 91.9 Å². The third-order valence-electron chi connectivity index (χ3n) is 12.2. The molecule has 0 aromatic heterocycles. The van der Waals surface area contributed by atoms with Gasteiger partial charge in [0.15, 0.2) is 0 Å². The van der Waals surface area contributed by atoms with E-state index in [9.17, 15) is 5.11 Å². The van der Waals surface area contributed by atoms with Crippen LogP contribution in [0.25, 0.3) is 0 Å². The lowest BCUT2D eigenvalue weighted by Crippen LogP contribution is -2.18. The molecule has 0 spiro atoms. The molecule has 2 aromatic carbocycles. The number of hydrogen-bond acceptors (Lipinski definition) is 19. The zero-order valence-corrected chi connectivity index (χ0v) is 51.1.